The summed E-state index contributed by atoms with van der Waals surface area (Å²) in [6.45, 7) is 3.58. The number of halogens is 3. The summed E-state index contributed by atoms with van der Waals surface area (Å²) >= 11 is 0. The Kier molecular flexibility index (Phi) is 6.44. The van der Waals surface area contributed by atoms with Crippen LogP contribution in [0.4, 0.5) is 24.5 Å². The largest absolute Gasteiger partial charge is 0.416 e. The van der Waals surface area contributed by atoms with Gasteiger partial charge in [-0.25, -0.2) is 0 Å². The van der Waals surface area contributed by atoms with Gasteiger partial charge in [-0.1, -0.05) is 6.07 Å². The summed E-state index contributed by atoms with van der Waals surface area (Å²) in [6, 6.07) is 11.0. The molecular weight excluding hydrogens is 359 g/mol. The van der Waals surface area contributed by atoms with Gasteiger partial charge in [0.1, 0.15) is 0 Å². The van der Waals surface area contributed by atoms with Crippen molar-refractivity contribution in [3.8, 4) is 0 Å². The Balaban J connectivity index is 1.89. The third kappa shape index (κ3) is 6.32. The minimum absolute atomic E-state index is 0.0230. The molecule has 2 aromatic rings. The lowest BCUT2D eigenvalue weighted by molar-refractivity contribution is -0.137. The van der Waals surface area contributed by atoms with Crippen LogP contribution in [0.15, 0.2) is 48.5 Å². The van der Waals surface area contributed by atoms with E-state index in [2.05, 4.69) is 16.0 Å². The number of hydrogen-bond donors (Lipinski definition) is 3. The van der Waals surface area contributed by atoms with E-state index in [1.54, 1.807) is 24.3 Å². The maximum atomic E-state index is 12.7. The summed E-state index contributed by atoms with van der Waals surface area (Å²) in [6.07, 6.45) is -4.47. The summed E-state index contributed by atoms with van der Waals surface area (Å²) in [5.74, 6) is -0.685. The van der Waals surface area contributed by atoms with Gasteiger partial charge in [0.2, 0.25) is 5.91 Å². The van der Waals surface area contributed by atoms with Gasteiger partial charge in [0, 0.05) is 23.0 Å². The topological polar surface area (TPSA) is 70.2 Å². The number of hydrogen-bond acceptors (Lipinski definition) is 3. The Bertz CT molecular complexity index is 803. The third-order valence-corrected chi connectivity index (χ3v) is 3.49. The highest BCUT2D eigenvalue weighted by molar-refractivity contribution is 5.95. The molecule has 0 atom stereocenters. The number of carbonyl (C=O) groups excluding carboxylic acids is 2. The molecule has 0 heterocycles. The maximum Gasteiger partial charge on any atom is 0.416 e. The number of benzene rings is 2. The second-order valence-corrected chi connectivity index (χ2v) is 6.19. The van der Waals surface area contributed by atoms with Crippen molar-refractivity contribution < 1.29 is 22.8 Å². The number of rotatable bonds is 6. The summed E-state index contributed by atoms with van der Waals surface area (Å²) in [5.41, 5.74) is 0.332. The van der Waals surface area contributed by atoms with Crippen LogP contribution < -0.4 is 16.0 Å². The molecule has 0 aromatic heterocycles. The molecule has 27 heavy (non-hydrogen) atoms. The van der Waals surface area contributed by atoms with E-state index in [1.807, 2.05) is 13.8 Å². The van der Waals surface area contributed by atoms with Crippen molar-refractivity contribution in [2.75, 3.05) is 17.2 Å². The highest BCUT2D eigenvalue weighted by Crippen LogP contribution is 2.30. The SMILES string of the molecule is CC(C)NC(=O)c1ccc(NCC(=O)Nc2cccc(C(F)(F)F)c2)cc1. The number of nitrogens with one attached hydrogen (secondary N) is 3. The Morgan fingerprint density at radius 1 is 1.00 bits per heavy atom. The molecule has 2 aromatic carbocycles. The molecule has 0 saturated heterocycles. The smallest absolute Gasteiger partial charge is 0.376 e. The van der Waals surface area contributed by atoms with Crippen LogP contribution >= 0.6 is 0 Å². The predicted octanol–water partition coefficient (Wildman–Crippen LogP) is 3.89. The summed E-state index contributed by atoms with van der Waals surface area (Å²) in [7, 11) is 0. The summed E-state index contributed by atoms with van der Waals surface area (Å²) in [5, 5.41) is 8.03. The molecule has 0 fully saturated rings. The summed E-state index contributed by atoms with van der Waals surface area (Å²) < 4.78 is 38.0. The fourth-order valence-corrected chi connectivity index (χ4v) is 2.25. The normalized spacial score (nSPS) is 11.2. The number of alkyl halides is 3. The molecular formula is C19H20F3N3O2. The first-order valence-electron chi connectivity index (χ1n) is 8.27. The molecule has 0 radical (unpaired) electrons. The van der Waals surface area contributed by atoms with Gasteiger partial charge in [-0.15, -0.1) is 0 Å². The molecule has 0 spiro atoms. The van der Waals surface area contributed by atoms with Gasteiger partial charge in [-0.3, -0.25) is 9.59 Å². The van der Waals surface area contributed by atoms with Crippen molar-refractivity contribution in [2.45, 2.75) is 26.1 Å². The highest BCUT2D eigenvalue weighted by Gasteiger charge is 2.30. The van der Waals surface area contributed by atoms with Crippen LogP contribution in [0.25, 0.3) is 0 Å². The molecule has 0 unspecified atom stereocenters. The molecule has 0 aliphatic carbocycles. The van der Waals surface area contributed by atoms with Crippen LogP contribution in [0.1, 0.15) is 29.8 Å². The minimum atomic E-state index is -4.47. The number of carbonyl (C=O) groups is 2. The van der Waals surface area contributed by atoms with Gasteiger partial charge in [-0.2, -0.15) is 13.2 Å². The van der Waals surface area contributed by atoms with Crippen LogP contribution in [-0.4, -0.2) is 24.4 Å². The Labute approximate surface area is 155 Å². The second kappa shape index (κ2) is 8.57. The lowest BCUT2D eigenvalue weighted by atomic mass is 10.2. The fraction of sp³-hybridized carbons (Fsp3) is 0.263. The molecule has 0 bridgehead atoms. The molecule has 0 aliphatic rings. The van der Waals surface area contributed by atoms with E-state index in [-0.39, 0.29) is 24.2 Å². The highest BCUT2D eigenvalue weighted by atomic mass is 19.4. The van der Waals surface area contributed by atoms with E-state index in [4.69, 9.17) is 0 Å². The molecule has 2 amide bonds. The number of amides is 2. The molecule has 3 N–H and O–H groups in total. The van der Waals surface area contributed by atoms with Crippen LogP contribution in [-0.2, 0) is 11.0 Å². The maximum absolute atomic E-state index is 12.7. The monoisotopic (exact) mass is 379 g/mol. The summed E-state index contributed by atoms with van der Waals surface area (Å²) in [4.78, 5) is 23.8. The Morgan fingerprint density at radius 3 is 2.26 bits per heavy atom. The zero-order valence-electron chi connectivity index (χ0n) is 14.9. The molecule has 0 saturated carbocycles. The van der Waals surface area contributed by atoms with Gasteiger partial charge >= 0.3 is 6.18 Å². The zero-order valence-corrected chi connectivity index (χ0v) is 14.9. The zero-order chi connectivity index (χ0) is 20.0. The van der Waals surface area contributed by atoms with E-state index < -0.39 is 17.6 Å². The average molecular weight is 379 g/mol. The van der Waals surface area contributed by atoms with E-state index in [0.717, 1.165) is 12.1 Å². The average Bonchev–Trinajstić information content (AvgIpc) is 2.59. The molecule has 144 valence electrons. The first-order valence-corrected chi connectivity index (χ1v) is 8.27. The van der Waals surface area contributed by atoms with E-state index in [9.17, 15) is 22.8 Å². The van der Waals surface area contributed by atoms with Crippen LogP contribution in [0.5, 0.6) is 0 Å². The van der Waals surface area contributed by atoms with E-state index in [0.29, 0.717) is 11.3 Å². The van der Waals surface area contributed by atoms with Crippen LogP contribution in [0.2, 0.25) is 0 Å². The van der Waals surface area contributed by atoms with Gasteiger partial charge in [0.15, 0.2) is 0 Å². The lowest BCUT2D eigenvalue weighted by Gasteiger charge is -2.11. The minimum Gasteiger partial charge on any atom is -0.376 e. The molecule has 5 nitrogen and oxygen atoms in total. The fourth-order valence-electron chi connectivity index (χ4n) is 2.25. The lowest BCUT2D eigenvalue weighted by Crippen LogP contribution is -2.30. The predicted molar refractivity (Wildman–Crippen MR) is 97.6 cm³/mol. The van der Waals surface area contributed by atoms with Crippen molar-refractivity contribution >= 4 is 23.2 Å². The van der Waals surface area contributed by atoms with Crippen LogP contribution in [0.3, 0.4) is 0 Å². The van der Waals surface area contributed by atoms with Crippen LogP contribution in [0, 0.1) is 0 Å². The second-order valence-electron chi connectivity index (χ2n) is 6.19. The molecule has 2 rings (SSSR count). The standard InChI is InChI=1S/C19H20F3N3O2/c1-12(2)24-18(27)13-6-8-15(9-7-13)23-11-17(26)25-16-5-3-4-14(10-16)19(20,21)22/h3-10,12,23H,11H2,1-2H3,(H,24,27)(H,25,26). The molecule has 0 aliphatic heterocycles. The van der Waals surface area contributed by atoms with Crippen molar-refractivity contribution in [1.29, 1.82) is 0 Å². The van der Waals surface area contributed by atoms with Crippen molar-refractivity contribution in [1.82, 2.24) is 5.32 Å². The molecule has 8 heteroatoms. The van der Waals surface area contributed by atoms with E-state index in [1.165, 1.54) is 12.1 Å². The first-order chi connectivity index (χ1) is 12.6. The third-order valence-electron chi connectivity index (χ3n) is 3.49. The van der Waals surface area contributed by atoms with Crippen molar-refractivity contribution in [2.24, 2.45) is 0 Å². The Hall–Kier alpha value is -3.03. The van der Waals surface area contributed by atoms with Crippen molar-refractivity contribution in [3.05, 3.63) is 59.7 Å². The first kappa shape index (κ1) is 20.3. The quantitative estimate of drug-likeness (QED) is 0.713. The van der Waals surface area contributed by atoms with Gasteiger partial charge < -0.3 is 16.0 Å². The Morgan fingerprint density at radius 2 is 1.67 bits per heavy atom. The van der Waals surface area contributed by atoms with Gasteiger partial charge in [-0.05, 0) is 56.3 Å². The van der Waals surface area contributed by atoms with Gasteiger partial charge in [0.25, 0.3) is 5.91 Å². The van der Waals surface area contributed by atoms with E-state index >= 15 is 0 Å². The van der Waals surface area contributed by atoms with Gasteiger partial charge in [0.05, 0.1) is 12.1 Å². The number of anilines is 2. The van der Waals surface area contributed by atoms with Crippen molar-refractivity contribution in [3.63, 3.8) is 0 Å².